The number of rotatable bonds is 2. The van der Waals surface area contributed by atoms with Gasteiger partial charge in [0.2, 0.25) is 0 Å². The van der Waals surface area contributed by atoms with E-state index in [1.54, 1.807) is 6.92 Å². The van der Waals surface area contributed by atoms with E-state index in [0.29, 0.717) is 6.04 Å². The van der Waals surface area contributed by atoms with E-state index in [4.69, 9.17) is 0 Å². The maximum Gasteiger partial charge on any atom is 0.161 e. The molecular weight excluding hydrogens is 290 g/mol. The van der Waals surface area contributed by atoms with Crippen molar-refractivity contribution >= 4 is 27.4 Å². The Labute approximate surface area is 117 Å². The molecule has 3 heteroatoms. The second-order valence-electron chi connectivity index (χ2n) is 5.11. The fraction of sp³-hybridized carbons (Fsp3) is 0.533. The highest BCUT2D eigenvalue weighted by Crippen LogP contribution is 2.29. The van der Waals surface area contributed by atoms with Crippen LogP contribution in [0.3, 0.4) is 0 Å². The van der Waals surface area contributed by atoms with Crippen molar-refractivity contribution in [3.05, 3.63) is 28.2 Å². The Morgan fingerprint density at radius 2 is 2.11 bits per heavy atom. The maximum absolute atomic E-state index is 11.8. The van der Waals surface area contributed by atoms with E-state index < -0.39 is 0 Å². The molecule has 1 unspecified atom stereocenters. The molecule has 1 atom stereocenters. The summed E-state index contributed by atoms with van der Waals surface area (Å²) in [5.74, 6) is 0.141. The van der Waals surface area contributed by atoms with Gasteiger partial charge in [-0.1, -0.05) is 28.8 Å². The number of anilines is 1. The summed E-state index contributed by atoms with van der Waals surface area (Å²) in [4.78, 5) is 14.2. The van der Waals surface area contributed by atoms with Crippen LogP contribution in [0.25, 0.3) is 0 Å². The molecule has 1 heterocycles. The summed E-state index contributed by atoms with van der Waals surface area (Å²) in [5.41, 5.74) is 1.93. The van der Waals surface area contributed by atoms with Gasteiger partial charge in [0.05, 0.1) is 0 Å². The van der Waals surface area contributed by atoms with E-state index >= 15 is 0 Å². The van der Waals surface area contributed by atoms with Crippen molar-refractivity contribution in [2.24, 2.45) is 0 Å². The van der Waals surface area contributed by atoms with Crippen molar-refractivity contribution in [1.29, 1.82) is 0 Å². The lowest BCUT2D eigenvalue weighted by Gasteiger charge is -2.31. The van der Waals surface area contributed by atoms with Crippen LogP contribution in [-0.2, 0) is 0 Å². The van der Waals surface area contributed by atoms with Gasteiger partial charge in [0.1, 0.15) is 0 Å². The molecule has 1 aromatic rings. The highest BCUT2D eigenvalue weighted by atomic mass is 79.9. The van der Waals surface area contributed by atoms with Crippen molar-refractivity contribution in [1.82, 2.24) is 0 Å². The van der Waals surface area contributed by atoms with Gasteiger partial charge < -0.3 is 4.90 Å². The SMILES string of the molecule is CC(=O)c1cc(Br)ccc1N1CCCCCC1C. The van der Waals surface area contributed by atoms with Gasteiger partial charge in [-0.05, 0) is 44.9 Å². The summed E-state index contributed by atoms with van der Waals surface area (Å²) >= 11 is 3.45. The maximum atomic E-state index is 11.8. The quantitative estimate of drug-likeness (QED) is 0.754. The third kappa shape index (κ3) is 2.94. The minimum Gasteiger partial charge on any atom is -0.368 e. The molecule has 1 fully saturated rings. The van der Waals surface area contributed by atoms with Crippen molar-refractivity contribution in [3.63, 3.8) is 0 Å². The highest BCUT2D eigenvalue weighted by molar-refractivity contribution is 9.10. The Morgan fingerprint density at radius 3 is 2.83 bits per heavy atom. The lowest BCUT2D eigenvalue weighted by atomic mass is 10.1. The van der Waals surface area contributed by atoms with Gasteiger partial charge in [-0.2, -0.15) is 0 Å². The first kappa shape index (κ1) is 13.6. The molecule has 1 aromatic carbocycles. The average Bonchev–Trinajstić information content (AvgIpc) is 2.54. The topological polar surface area (TPSA) is 20.3 Å². The van der Waals surface area contributed by atoms with E-state index in [2.05, 4.69) is 33.8 Å². The van der Waals surface area contributed by atoms with Crippen LogP contribution in [0.1, 0.15) is 49.9 Å². The zero-order valence-electron chi connectivity index (χ0n) is 11.1. The first-order valence-electron chi connectivity index (χ1n) is 6.66. The summed E-state index contributed by atoms with van der Waals surface area (Å²) in [6.45, 7) is 4.97. The summed E-state index contributed by atoms with van der Waals surface area (Å²) in [7, 11) is 0. The monoisotopic (exact) mass is 309 g/mol. The first-order valence-corrected chi connectivity index (χ1v) is 7.46. The molecule has 0 N–H and O–H groups in total. The molecule has 0 amide bonds. The van der Waals surface area contributed by atoms with Crippen molar-refractivity contribution < 1.29 is 4.79 Å². The van der Waals surface area contributed by atoms with Gasteiger partial charge in [0.15, 0.2) is 5.78 Å². The van der Waals surface area contributed by atoms with Crippen molar-refractivity contribution in [2.45, 2.75) is 45.6 Å². The largest absolute Gasteiger partial charge is 0.368 e. The van der Waals surface area contributed by atoms with Crippen LogP contribution in [0.2, 0.25) is 0 Å². The molecular formula is C15H20BrNO. The lowest BCUT2D eigenvalue weighted by molar-refractivity contribution is 0.101. The second kappa shape index (κ2) is 5.87. The molecule has 98 valence electrons. The van der Waals surface area contributed by atoms with E-state index in [0.717, 1.165) is 22.3 Å². The molecule has 1 saturated heterocycles. The Morgan fingerprint density at radius 1 is 1.33 bits per heavy atom. The third-order valence-corrected chi connectivity index (χ3v) is 4.19. The summed E-state index contributed by atoms with van der Waals surface area (Å²) in [6, 6.07) is 6.56. The van der Waals surface area contributed by atoms with Gasteiger partial charge in [-0.25, -0.2) is 0 Å². The Kier molecular flexibility index (Phi) is 4.44. The molecule has 18 heavy (non-hydrogen) atoms. The molecule has 2 nitrogen and oxygen atoms in total. The van der Waals surface area contributed by atoms with Crippen LogP contribution >= 0.6 is 15.9 Å². The van der Waals surface area contributed by atoms with E-state index in [-0.39, 0.29) is 5.78 Å². The number of halogens is 1. The molecule has 1 aliphatic heterocycles. The Bertz CT molecular complexity index is 444. The lowest BCUT2D eigenvalue weighted by Crippen LogP contribution is -2.33. The Hall–Kier alpha value is -0.830. The summed E-state index contributed by atoms with van der Waals surface area (Å²) < 4.78 is 0.971. The number of nitrogens with zero attached hydrogens (tertiary/aromatic N) is 1. The van der Waals surface area contributed by atoms with Crippen LogP contribution in [0, 0.1) is 0 Å². The number of carbonyl (C=O) groups is 1. The zero-order valence-corrected chi connectivity index (χ0v) is 12.7. The number of ketones is 1. The number of benzene rings is 1. The minimum atomic E-state index is 0.141. The predicted molar refractivity (Wildman–Crippen MR) is 79.4 cm³/mol. The highest BCUT2D eigenvalue weighted by Gasteiger charge is 2.21. The average molecular weight is 310 g/mol. The normalized spacial score (nSPS) is 20.6. The minimum absolute atomic E-state index is 0.141. The first-order chi connectivity index (χ1) is 8.59. The fourth-order valence-corrected chi connectivity index (χ4v) is 3.03. The van der Waals surface area contributed by atoms with Crippen LogP contribution in [0.4, 0.5) is 5.69 Å². The van der Waals surface area contributed by atoms with E-state index in [9.17, 15) is 4.79 Å². The number of carbonyl (C=O) groups excluding carboxylic acids is 1. The smallest absolute Gasteiger partial charge is 0.161 e. The van der Waals surface area contributed by atoms with Gasteiger partial charge in [0, 0.05) is 28.3 Å². The molecule has 2 rings (SSSR count). The van der Waals surface area contributed by atoms with Gasteiger partial charge >= 0.3 is 0 Å². The van der Waals surface area contributed by atoms with E-state index in [1.165, 1.54) is 25.7 Å². The molecule has 0 aliphatic carbocycles. The van der Waals surface area contributed by atoms with Crippen LogP contribution in [0.15, 0.2) is 22.7 Å². The molecule has 1 aliphatic rings. The molecule has 0 bridgehead atoms. The van der Waals surface area contributed by atoms with Gasteiger partial charge in [-0.3, -0.25) is 4.79 Å². The second-order valence-corrected chi connectivity index (χ2v) is 6.03. The van der Waals surface area contributed by atoms with E-state index in [1.807, 2.05) is 12.1 Å². The zero-order chi connectivity index (χ0) is 13.1. The predicted octanol–water partition coefficient (Wildman–Crippen LogP) is 4.42. The van der Waals surface area contributed by atoms with Gasteiger partial charge in [-0.15, -0.1) is 0 Å². The van der Waals surface area contributed by atoms with Crippen molar-refractivity contribution in [3.8, 4) is 0 Å². The third-order valence-electron chi connectivity index (χ3n) is 3.70. The summed E-state index contributed by atoms with van der Waals surface area (Å²) in [5, 5.41) is 0. The standard InChI is InChI=1S/C15H20BrNO/c1-11-6-4-3-5-9-17(11)15-8-7-13(16)10-14(15)12(2)18/h7-8,10-11H,3-6,9H2,1-2H3. The molecule has 0 radical (unpaired) electrons. The summed E-state index contributed by atoms with van der Waals surface area (Å²) in [6.07, 6.45) is 5.03. The van der Waals surface area contributed by atoms with Gasteiger partial charge in [0.25, 0.3) is 0 Å². The molecule has 0 spiro atoms. The number of Topliss-reactive ketones (excluding diaryl/α,β-unsaturated/α-hetero) is 1. The fourth-order valence-electron chi connectivity index (χ4n) is 2.67. The molecule has 0 saturated carbocycles. The van der Waals surface area contributed by atoms with Crippen molar-refractivity contribution in [2.75, 3.05) is 11.4 Å². The van der Waals surface area contributed by atoms with Crippen LogP contribution < -0.4 is 4.90 Å². The number of hydrogen-bond acceptors (Lipinski definition) is 2. The number of hydrogen-bond donors (Lipinski definition) is 0. The Balaban J connectivity index is 2.39. The van der Waals surface area contributed by atoms with Crippen LogP contribution in [-0.4, -0.2) is 18.4 Å². The molecule has 0 aromatic heterocycles. The van der Waals surface area contributed by atoms with Crippen LogP contribution in [0.5, 0.6) is 0 Å².